The van der Waals surface area contributed by atoms with Crippen molar-refractivity contribution in [3.63, 3.8) is 0 Å². The van der Waals surface area contributed by atoms with Crippen LogP contribution in [0.3, 0.4) is 0 Å². The summed E-state index contributed by atoms with van der Waals surface area (Å²) in [5.74, 6) is -0.349. The molecule has 84 valence electrons. The van der Waals surface area contributed by atoms with Crippen LogP contribution in [-0.4, -0.2) is 5.11 Å². The second kappa shape index (κ2) is 4.67. The molecule has 17 heavy (non-hydrogen) atoms. The summed E-state index contributed by atoms with van der Waals surface area (Å²) in [5.41, 5.74) is 2.07. The molecule has 0 heterocycles. The molecular formula is C14H10FNO. The first-order valence-electron chi connectivity index (χ1n) is 5.15. The Labute approximate surface area is 98.6 Å². The summed E-state index contributed by atoms with van der Waals surface area (Å²) in [6.45, 7) is 0. The number of rotatable bonds is 2. The van der Waals surface area contributed by atoms with Gasteiger partial charge in [0.15, 0.2) is 0 Å². The molecule has 0 aliphatic carbocycles. The molecule has 1 N–H and O–H groups in total. The lowest BCUT2D eigenvalue weighted by Crippen LogP contribution is -1.84. The van der Waals surface area contributed by atoms with Gasteiger partial charge < -0.3 is 5.11 Å². The first-order chi connectivity index (χ1) is 8.20. The normalized spacial score (nSPS) is 9.88. The van der Waals surface area contributed by atoms with Crippen molar-refractivity contribution in [2.45, 2.75) is 6.42 Å². The van der Waals surface area contributed by atoms with Crippen LogP contribution in [0, 0.1) is 17.1 Å². The van der Waals surface area contributed by atoms with Crippen LogP contribution >= 0.6 is 0 Å². The molecule has 2 rings (SSSR count). The van der Waals surface area contributed by atoms with E-state index in [2.05, 4.69) is 6.07 Å². The minimum absolute atomic E-state index is 0.0411. The molecule has 0 fully saturated rings. The Morgan fingerprint density at radius 2 is 1.82 bits per heavy atom. The Balaban J connectivity index is 2.40. The van der Waals surface area contributed by atoms with Gasteiger partial charge in [-0.3, -0.25) is 0 Å². The molecule has 0 aromatic heterocycles. The van der Waals surface area contributed by atoms with Gasteiger partial charge in [0, 0.05) is 5.56 Å². The van der Waals surface area contributed by atoms with Crippen molar-refractivity contribution in [2.24, 2.45) is 0 Å². The second-order valence-electron chi connectivity index (χ2n) is 3.69. The van der Waals surface area contributed by atoms with Crippen molar-refractivity contribution in [1.29, 1.82) is 5.26 Å². The van der Waals surface area contributed by atoms with Gasteiger partial charge in [0.2, 0.25) is 0 Å². The molecule has 3 heteroatoms. The zero-order valence-electron chi connectivity index (χ0n) is 9.02. The lowest BCUT2D eigenvalue weighted by Gasteiger charge is -2.05. The fourth-order valence-corrected chi connectivity index (χ4v) is 1.63. The van der Waals surface area contributed by atoms with E-state index in [9.17, 15) is 9.50 Å². The molecule has 0 atom stereocenters. The van der Waals surface area contributed by atoms with E-state index in [0.29, 0.717) is 12.0 Å². The van der Waals surface area contributed by atoms with Crippen molar-refractivity contribution in [1.82, 2.24) is 0 Å². The number of phenols is 1. The zero-order chi connectivity index (χ0) is 12.3. The molecule has 0 bridgehead atoms. The Bertz CT molecular complexity index is 570. The number of nitrogens with zero attached hydrogens (tertiary/aromatic N) is 1. The standard InChI is InChI=1S/C14H10FNO/c15-12-5-6-14(17)13(9-12)11-3-1-10(2-4-11)7-8-16/h1-6,9,17H,7H2. The number of hydrogen-bond acceptors (Lipinski definition) is 2. The zero-order valence-corrected chi connectivity index (χ0v) is 9.02. The maximum Gasteiger partial charge on any atom is 0.124 e. The molecule has 0 radical (unpaired) electrons. The summed E-state index contributed by atoms with van der Waals surface area (Å²) in [7, 11) is 0. The van der Waals surface area contributed by atoms with Gasteiger partial charge in [-0.25, -0.2) is 4.39 Å². The van der Waals surface area contributed by atoms with E-state index in [0.717, 1.165) is 11.1 Å². The minimum atomic E-state index is -0.390. The summed E-state index contributed by atoms with van der Waals surface area (Å²) in [5, 5.41) is 18.2. The fraction of sp³-hybridized carbons (Fsp3) is 0.0714. The van der Waals surface area contributed by atoms with Crippen LogP contribution in [0.15, 0.2) is 42.5 Å². The van der Waals surface area contributed by atoms with Gasteiger partial charge in [-0.15, -0.1) is 0 Å². The van der Waals surface area contributed by atoms with Crippen LogP contribution in [0.2, 0.25) is 0 Å². The highest BCUT2D eigenvalue weighted by molar-refractivity contribution is 5.70. The monoisotopic (exact) mass is 227 g/mol. The number of aromatic hydroxyl groups is 1. The van der Waals surface area contributed by atoms with E-state index in [1.54, 1.807) is 24.3 Å². The van der Waals surface area contributed by atoms with E-state index in [4.69, 9.17) is 5.26 Å². The lowest BCUT2D eigenvalue weighted by atomic mass is 10.0. The Morgan fingerprint density at radius 1 is 1.12 bits per heavy atom. The number of halogens is 1. The molecule has 0 unspecified atom stereocenters. The summed E-state index contributed by atoms with van der Waals surface area (Å²) in [6.07, 6.45) is 0.343. The third-order valence-corrected chi connectivity index (χ3v) is 2.51. The van der Waals surface area contributed by atoms with Crippen LogP contribution in [0.1, 0.15) is 5.56 Å². The van der Waals surface area contributed by atoms with E-state index in [1.165, 1.54) is 18.2 Å². The SMILES string of the molecule is N#CCc1ccc(-c2cc(F)ccc2O)cc1. The van der Waals surface area contributed by atoms with Gasteiger partial charge >= 0.3 is 0 Å². The van der Waals surface area contributed by atoms with Gasteiger partial charge in [0.25, 0.3) is 0 Å². The number of nitriles is 1. The molecule has 2 nitrogen and oxygen atoms in total. The van der Waals surface area contributed by atoms with E-state index in [-0.39, 0.29) is 11.6 Å². The van der Waals surface area contributed by atoms with E-state index >= 15 is 0 Å². The second-order valence-corrected chi connectivity index (χ2v) is 3.69. The quantitative estimate of drug-likeness (QED) is 0.855. The Morgan fingerprint density at radius 3 is 2.47 bits per heavy atom. The van der Waals surface area contributed by atoms with Crippen molar-refractivity contribution >= 4 is 0 Å². The molecule has 2 aromatic carbocycles. The first kappa shape index (κ1) is 11.2. The molecule has 0 aliphatic rings. The molecule has 0 saturated carbocycles. The third kappa shape index (κ3) is 2.43. The predicted octanol–water partition coefficient (Wildman–Crippen LogP) is 3.26. The maximum absolute atomic E-state index is 13.1. The van der Waals surface area contributed by atoms with Crippen molar-refractivity contribution in [3.8, 4) is 22.9 Å². The van der Waals surface area contributed by atoms with Gasteiger partial charge in [-0.1, -0.05) is 24.3 Å². The number of phenolic OH excluding ortho intramolecular Hbond substituents is 1. The highest BCUT2D eigenvalue weighted by Gasteiger charge is 2.05. The average Bonchev–Trinajstić information content (AvgIpc) is 2.34. The van der Waals surface area contributed by atoms with Crippen LogP contribution < -0.4 is 0 Å². The summed E-state index contributed by atoms with van der Waals surface area (Å²) < 4.78 is 13.1. The summed E-state index contributed by atoms with van der Waals surface area (Å²) in [6, 6.07) is 13.0. The predicted molar refractivity (Wildman–Crippen MR) is 62.8 cm³/mol. The highest BCUT2D eigenvalue weighted by Crippen LogP contribution is 2.29. The fourth-order valence-electron chi connectivity index (χ4n) is 1.63. The Kier molecular flexibility index (Phi) is 3.06. The van der Waals surface area contributed by atoms with Crippen LogP contribution in [-0.2, 0) is 6.42 Å². The smallest absolute Gasteiger partial charge is 0.124 e. The van der Waals surface area contributed by atoms with Crippen LogP contribution in [0.4, 0.5) is 4.39 Å². The molecule has 0 saturated heterocycles. The first-order valence-corrected chi connectivity index (χ1v) is 5.15. The molecule has 0 amide bonds. The maximum atomic E-state index is 13.1. The van der Waals surface area contributed by atoms with Crippen LogP contribution in [0.5, 0.6) is 5.75 Å². The topological polar surface area (TPSA) is 44.0 Å². The van der Waals surface area contributed by atoms with Gasteiger partial charge in [0.1, 0.15) is 11.6 Å². The highest BCUT2D eigenvalue weighted by atomic mass is 19.1. The van der Waals surface area contributed by atoms with Crippen molar-refractivity contribution < 1.29 is 9.50 Å². The van der Waals surface area contributed by atoms with E-state index < -0.39 is 0 Å². The van der Waals surface area contributed by atoms with Crippen molar-refractivity contribution in [2.75, 3.05) is 0 Å². The Hall–Kier alpha value is -2.34. The van der Waals surface area contributed by atoms with Gasteiger partial charge in [-0.2, -0.15) is 5.26 Å². The lowest BCUT2D eigenvalue weighted by molar-refractivity contribution is 0.475. The summed E-state index contributed by atoms with van der Waals surface area (Å²) >= 11 is 0. The summed E-state index contributed by atoms with van der Waals surface area (Å²) in [4.78, 5) is 0. The van der Waals surface area contributed by atoms with Gasteiger partial charge in [0.05, 0.1) is 12.5 Å². The van der Waals surface area contributed by atoms with Gasteiger partial charge in [-0.05, 0) is 29.3 Å². The largest absolute Gasteiger partial charge is 0.507 e. The molecule has 0 aliphatic heterocycles. The number of benzene rings is 2. The minimum Gasteiger partial charge on any atom is -0.507 e. The molecular weight excluding hydrogens is 217 g/mol. The van der Waals surface area contributed by atoms with Crippen molar-refractivity contribution in [3.05, 3.63) is 53.8 Å². The molecule has 0 spiro atoms. The average molecular weight is 227 g/mol. The third-order valence-electron chi connectivity index (χ3n) is 2.51. The van der Waals surface area contributed by atoms with E-state index in [1.807, 2.05) is 0 Å². The number of hydrogen-bond donors (Lipinski definition) is 1. The molecule has 2 aromatic rings. The van der Waals surface area contributed by atoms with Crippen LogP contribution in [0.25, 0.3) is 11.1 Å².